The molecule has 1 amide bonds. The maximum absolute atomic E-state index is 11.8. The van der Waals surface area contributed by atoms with Crippen LogP contribution in [0.4, 0.5) is 0 Å². The van der Waals surface area contributed by atoms with Crippen LogP contribution in [0.15, 0.2) is 18.5 Å². The minimum atomic E-state index is -0.197. The maximum Gasteiger partial charge on any atom is 0.236 e. The lowest BCUT2D eigenvalue weighted by molar-refractivity contribution is -0.123. The zero-order valence-corrected chi connectivity index (χ0v) is 11.3. The third kappa shape index (κ3) is 4.65. The predicted octanol–water partition coefficient (Wildman–Crippen LogP) is 0.156. The van der Waals surface area contributed by atoms with Crippen molar-refractivity contribution in [2.24, 2.45) is 0 Å². The van der Waals surface area contributed by atoms with Crippen LogP contribution in [0.25, 0.3) is 0 Å². The number of nitrogens with zero attached hydrogens (tertiary/aromatic N) is 2. The van der Waals surface area contributed by atoms with Crippen molar-refractivity contribution in [1.82, 2.24) is 20.4 Å². The molecule has 106 valence electrons. The molecule has 1 aliphatic rings. The Morgan fingerprint density at radius 1 is 1.63 bits per heavy atom. The van der Waals surface area contributed by atoms with Crippen LogP contribution < -0.4 is 10.6 Å². The van der Waals surface area contributed by atoms with E-state index in [0.29, 0.717) is 6.54 Å². The molecule has 0 bridgehead atoms. The standard InChI is InChI=1S/C13H22N4O2/c1-11(14-6-8-17-7-3-5-16-17)13(18)15-10-12-4-2-9-19-12/h3,5,7,11-12,14H,2,4,6,8-10H2,1H3,(H,15,18). The number of ether oxygens (including phenoxy) is 1. The van der Waals surface area contributed by atoms with Crippen LogP contribution in [0.3, 0.4) is 0 Å². The number of amides is 1. The summed E-state index contributed by atoms with van der Waals surface area (Å²) in [5, 5.41) is 10.2. The molecular weight excluding hydrogens is 244 g/mol. The Morgan fingerprint density at radius 3 is 3.21 bits per heavy atom. The van der Waals surface area contributed by atoms with Crippen molar-refractivity contribution in [3.05, 3.63) is 18.5 Å². The van der Waals surface area contributed by atoms with E-state index in [2.05, 4.69) is 15.7 Å². The number of hydrogen-bond acceptors (Lipinski definition) is 4. The summed E-state index contributed by atoms with van der Waals surface area (Å²) in [4.78, 5) is 11.8. The summed E-state index contributed by atoms with van der Waals surface area (Å²) in [7, 11) is 0. The second kappa shape index (κ2) is 7.25. The first kappa shape index (κ1) is 14.0. The van der Waals surface area contributed by atoms with E-state index < -0.39 is 0 Å². The number of carbonyl (C=O) groups excluding carboxylic acids is 1. The van der Waals surface area contributed by atoms with Gasteiger partial charge in [0.15, 0.2) is 0 Å². The van der Waals surface area contributed by atoms with Crippen molar-refractivity contribution in [2.75, 3.05) is 19.7 Å². The lowest BCUT2D eigenvalue weighted by Crippen LogP contribution is -2.45. The zero-order valence-electron chi connectivity index (χ0n) is 11.3. The molecule has 2 atom stereocenters. The molecule has 1 aliphatic heterocycles. The molecule has 6 nitrogen and oxygen atoms in total. The smallest absolute Gasteiger partial charge is 0.236 e. The van der Waals surface area contributed by atoms with Gasteiger partial charge in [0.05, 0.1) is 18.7 Å². The molecular formula is C13H22N4O2. The Balaban J connectivity index is 1.58. The number of hydrogen-bond donors (Lipinski definition) is 2. The maximum atomic E-state index is 11.8. The molecule has 0 radical (unpaired) electrons. The largest absolute Gasteiger partial charge is 0.376 e. The van der Waals surface area contributed by atoms with E-state index in [0.717, 1.165) is 32.5 Å². The molecule has 2 heterocycles. The molecule has 0 saturated carbocycles. The summed E-state index contributed by atoms with van der Waals surface area (Å²) >= 11 is 0. The fourth-order valence-electron chi connectivity index (χ4n) is 2.09. The molecule has 0 aliphatic carbocycles. The number of carbonyl (C=O) groups is 1. The lowest BCUT2D eigenvalue weighted by atomic mass is 10.2. The minimum Gasteiger partial charge on any atom is -0.376 e. The van der Waals surface area contributed by atoms with Crippen LogP contribution in [0.1, 0.15) is 19.8 Å². The van der Waals surface area contributed by atoms with Crippen LogP contribution in [0.5, 0.6) is 0 Å². The van der Waals surface area contributed by atoms with Crippen LogP contribution in [-0.2, 0) is 16.1 Å². The predicted molar refractivity (Wildman–Crippen MR) is 71.7 cm³/mol. The van der Waals surface area contributed by atoms with Crippen molar-refractivity contribution in [2.45, 2.75) is 38.5 Å². The van der Waals surface area contributed by atoms with E-state index in [-0.39, 0.29) is 18.1 Å². The SMILES string of the molecule is CC(NCCn1cccn1)C(=O)NCC1CCCO1. The van der Waals surface area contributed by atoms with Gasteiger partial charge < -0.3 is 15.4 Å². The average Bonchev–Trinajstić information content (AvgIpc) is 3.08. The molecule has 1 fully saturated rings. The molecule has 2 unspecified atom stereocenters. The molecule has 1 aromatic heterocycles. The fourth-order valence-corrected chi connectivity index (χ4v) is 2.09. The summed E-state index contributed by atoms with van der Waals surface area (Å²) in [5.41, 5.74) is 0. The summed E-state index contributed by atoms with van der Waals surface area (Å²) < 4.78 is 7.30. The molecule has 0 aromatic carbocycles. The van der Waals surface area contributed by atoms with Crippen LogP contribution in [0.2, 0.25) is 0 Å². The quantitative estimate of drug-likeness (QED) is 0.737. The molecule has 1 aromatic rings. The molecule has 19 heavy (non-hydrogen) atoms. The van der Waals surface area contributed by atoms with Crippen LogP contribution in [0, 0.1) is 0 Å². The number of aromatic nitrogens is 2. The van der Waals surface area contributed by atoms with Gasteiger partial charge in [0.25, 0.3) is 0 Å². The van der Waals surface area contributed by atoms with E-state index in [1.807, 2.05) is 23.9 Å². The first-order valence-corrected chi connectivity index (χ1v) is 6.86. The Morgan fingerprint density at radius 2 is 2.53 bits per heavy atom. The van der Waals surface area contributed by atoms with Crippen molar-refractivity contribution < 1.29 is 9.53 Å². The van der Waals surface area contributed by atoms with Crippen molar-refractivity contribution in [3.63, 3.8) is 0 Å². The molecule has 0 spiro atoms. The lowest BCUT2D eigenvalue weighted by Gasteiger charge is -2.16. The highest BCUT2D eigenvalue weighted by Gasteiger charge is 2.18. The highest BCUT2D eigenvalue weighted by molar-refractivity contribution is 5.81. The second-order valence-electron chi connectivity index (χ2n) is 4.83. The van der Waals surface area contributed by atoms with Gasteiger partial charge in [0, 0.05) is 32.1 Å². The van der Waals surface area contributed by atoms with E-state index in [4.69, 9.17) is 4.74 Å². The summed E-state index contributed by atoms with van der Waals surface area (Å²) in [6.07, 6.45) is 5.99. The van der Waals surface area contributed by atoms with Gasteiger partial charge in [-0.3, -0.25) is 9.48 Å². The van der Waals surface area contributed by atoms with E-state index in [1.165, 1.54) is 0 Å². The van der Waals surface area contributed by atoms with Gasteiger partial charge >= 0.3 is 0 Å². The van der Waals surface area contributed by atoms with Crippen molar-refractivity contribution >= 4 is 5.91 Å². The van der Waals surface area contributed by atoms with Gasteiger partial charge in [-0.25, -0.2) is 0 Å². The minimum absolute atomic E-state index is 0.0240. The van der Waals surface area contributed by atoms with Gasteiger partial charge in [-0.05, 0) is 25.8 Å². The molecule has 1 saturated heterocycles. The number of rotatable bonds is 7. The highest BCUT2D eigenvalue weighted by Crippen LogP contribution is 2.10. The first-order valence-electron chi connectivity index (χ1n) is 6.86. The summed E-state index contributed by atoms with van der Waals surface area (Å²) in [5.74, 6) is 0.0240. The van der Waals surface area contributed by atoms with Crippen molar-refractivity contribution in [1.29, 1.82) is 0 Å². The topological polar surface area (TPSA) is 68.2 Å². The average molecular weight is 266 g/mol. The molecule has 2 N–H and O–H groups in total. The van der Waals surface area contributed by atoms with Crippen LogP contribution >= 0.6 is 0 Å². The van der Waals surface area contributed by atoms with Gasteiger partial charge in [0.1, 0.15) is 0 Å². The first-order chi connectivity index (χ1) is 9.25. The molecule has 6 heteroatoms. The molecule has 2 rings (SSSR count). The van der Waals surface area contributed by atoms with Gasteiger partial charge in [0.2, 0.25) is 5.91 Å². The number of nitrogens with one attached hydrogen (secondary N) is 2. The Labute approximate surface area is 113 Å². The van der Waals surface area contributed by atoms with E-state index >= 15 is 0 Å². The third-order valence-electron chi connectivity index (χ3n) is 3.27. The second-order valence-corrected chi connectivity index (χ2v) is 4.83. The van der Waals surface area contributed by atoms with E-state index in [9.17, 15) is 4.79 Å². The van der Waals surface area contributed by atoms with Gasteiger partial charge in [-0.2, -0.15) is 5.10 Å². The Kier molecular flexibility index (Phi) is 5.35. The third-order valence-corrected chi connectivity index (χ3v) is 3.27. The summed E-state index contributed by atoms with van der Waals surface area (Å²) in [6.45, 7) is 4.78. The highest BCUT2D eigenvalue weighted by atomic mass is 16.5. The van der Waals surface area contributed by atoms with Gasteiger partial charge in [-0.1, -0.05) is 0 Å². The zero-order chi connectivity index (χ0) is 13.5. The Hall–Kier alpha value is -1.40. The monoisotopic (exact) mass is 266 g/mol. The normalized spacial score (nSPS) is 20.4. The van der Waals surface area contributed by atoms with Crippen molar-refractivity contribution in [3.8, 4) is 0 Å². The Bertz CT molecular complexity index is 374. The van der Waals surface area contributed by atoms with E-state index in [1.54, 1.807) is 6.20 Å². The van der Waals surface area contributed by atoms with Gasteiger partial charge in [-0.15, -0.1) is 0 Å². The fraction of sp³-hybridized carbons (Fsp3) is 0.692. The summed E-state index contributed by atoms with van der Waals surface area (Å²) in [6, 6.07) is 1.69. The van der Waals surface area contributed by atoms with Crippen LogP contribution in [-0.4, -0.2) is 47.5 Å².